The molecule has 0 aromatic heterocycles. The Morgan fingerprint density at radius 2 is 2.08 bits per heavy atom. The Hall–Kier alpha value is 0.270. The van der Waals surface area contributed by atoms with Crippen molar-refractivity contribution in [3.8, 4) is 0 Å². The molecule has 3 heteroatoms. The summed E-state index contributed by atoms with van der Waals surface area (Å²) >= 11 is 2.08. The minimum absolute atomic E-state index is 0.442. The second-order valence-electron chi connectivity index (χ2n) is 4.17. The van der Waals surface area contributed by atoms with E-state index in [1.165, 1.54) is 25.7 Å². The third-order valence-corrected chi connectivity index (χ3v) is 5.06. The average Bonchev–Trinajstić information content (AvgIpc) is 2.65. The topological polar surface area (TPSA) is 35.2 Å². The quantitative estimate of drug-likeness (QED) is 0.739. The molecule has 1 aliphatic carbocycles. The summed E-state index contributed by atoms with van der Waals surface area (Å²) in [7, 11) is 0. The Kier molecular flexibility index (Phi) is 3.17. The van der Waals surface area contributed by atoms with E-state index in [0.29, 0.717) is 22.6 Å². The molecular formula is C10H19NOS. The molecule has 4 unspecified atom stereocenters. The molecule has 0 aromatic rings. The highest BCUT2D eigenvalue weighted by Gasteiger charge is 2.32. The van der Waals surface area contributed by atoms with Gasteiger partial charge in [0.05, 0.1) is 6.10 Å². The van der Waals surface area contributed by atoms with Gasteiger partial charge in [0.25, 0.3) is 0 Å². The zero-order valence-corrected chi connectivity index (χ0v) is 9.06. The van der Waals surface area contributed by atoms with Gasteiger partial charge >= 0.3 is 0 Å². The van der Waals surface area contributed by atoms with E-state index in [1.807, 2.05) is 0 Å². The summed E-state index contributed by atoms with van der Waals surface area (Å²) in [5.41, 5.74) is 6.04. The van der Waals surface area contributed by atoms with E-state index in [4.69, 9.17) is 10.5 Å². The lowest BCUT2D eigenvalue weighted by Gasteiger charge is -2.21. The molecule has 0 amide bonds. The van der Waals surface area contributed by atoms with Crippen LogP contribution in [0.5, 0.6) is 0 Å². The van der Waals surface area contributed by atoms with Crippen molar-refractivity contribution in [2.75, 3.05) is 6.61 Å². The van der Waals surface area contributed by atoms with E-state index in [1.54, 1.807) is 0 Å². The lowest BCUT2D eigenvalue weighted by Crippen LogP contribution is -2.29. The van der Waals surface area contributed by atoms with Crippen LogP contribution in [0.4, 0.5) is 0 Å². The lowest BCUT2D eigenvalue weighted by atomic mass is 10.2. The largest absolute Gasteiger partial charge is 0.377 e. The number of ether oxygens (including phenoxy) is 1. The van der Waals surface area contributed by atoms with Crippen molar-refractivity contribution < 1.29 is 4.74 Å². The van der Waals surface area contributed by atoms with Crippen molar-refractivity contribution in [3.63, 3.8) is 0 Å². The van der Waals surface area contributed by atoms with Gasteiger partial charge in [-0.2, -0.15) is 11.8 Å². The number of rotatable bonds is 2. The second-order valence-corrected chi connectivity index (χ2v) is 5.66. The fraction of sp³-hybridized carbons (Fsp3) is 1.00. The third-order valence-electron chi connectivity index (χ3n) is 3.16. The summed E-state index contributed by atoms with van der Waals surface area (Å²) in [6.07, 6.45) is 5.52. The Morgan fingerprint density at radius 3 is 2.62 bits per heavy atom. The molecule has 13 heavy (non-hydrogen) atoms. The van der Waals surface area contributed by atoms with Gasteiger partial charge in [-0.25, -0.2) is 0 Å². The normalized spacial score (nSPS) is 45.7. The summed E-state index contributed by atoms with van der Waals surface area (Å²) < 4.78 is 5.55. The van der Waals surface area contributed by atoms with Gasteiger partial charge in [0.15, 0.2) is 0 Å². The summed E-state index contributed by atoms with van der Waals surface area (Å²) in [5, 5.41) is 1.41. The molecule has 0 bridgehead atoms. The predicted molar refractivity (Wildman–Crippen MR) is 57.0 cm³/mol. The van der Waals surface area contributed by atoms with Crippen molar-refractivity contribution in [2.24, 2.45) is 5.73 Å². The summed E-state index contributed by atoms with van der Waals surface area (Å²) in [6.45, 7) is 3.13. The molecule has 2 nitrogen and oxygen atoms in total. The fourth-order valence-corrected chi connectivity index (χ4v) is 3.86. The van der Waals surface area contributed by atoms with Crippen LogP contribution in [0, 0.1) is 0 Å². The van der Waals surface area contributed by atoms with Gasteiger partial charge < -0.3 is 10.5 Å². The highest BCUT2D eigenvalue weighted by Crippen LogP contribution is 2.36. The highest BCUT2D eigenvalue weighted by molar-refractivity contribution is 8.00. The molecule has 1 saturated carbocycles. The van der Waals surface area contributed by atoms with Gasteiger partial charge in [-0.05, 0) is 26.2 Å². The van der Waals surface area contributed by atoms with Crippen LogP contribution in [0.1, 0.15) is 32.6 Å². The lowest BCUT2D eigenvalue weighted by molar-refractivity contribution is 0.127. The van der Waals surface area contributed by atoms with E-state index in [2.05, 4.69) is 18.7 Å². The van der Waals surface area contributed by atoms with Gasteiger partial charge in [-0.15, -0.1) is 0 Å². The van der Waals surface area contributed by atoms with Gasteiger partial charge in [0.2, 0.25) is 0 Å². The molecule has 1 heterocycles. The zero-order valence-electron chi connectivity index (χ0n) is 8.24. The maximum absolute atomic E-state index is 6.04. The van der Waals surface area contributed by atoms with E-state index in [-0.39, 0.29) is 0 Å². The van der Waals surface area contributed by atoms with Gasteiger partial charge in [-0.1, -0.05) is 6.42 Å². The molecule has 1 aliphatic heterocycles. The molecule has 2 rings (SSSR count). The molecule has 1 saturated heterocycles. The molecule has 0 spiro atoms. The Balaban J connectivity index is 1.82. The van der Waals surface area contributed by atoms with Crippen LogP contribution in [-0.2, 0) is 4.74 Å². The molecule has 0 aromatic carbocycles. The van der Waals surface area contributed by atoms with Crippen LogP contribution in [0.3, 0.4) is 0 Å². The van der Waals surface area contributed by atoms with Crippen LogP contribution in [0.15, 0.2) is 0 Å². The minimum atomic E-state index is 0.442. The summed E-state index contributed by atoms with van der Waals surface area (Å²) in [5.74, 6) is 0. The molecule has 2 N–H and O–H groups in total. The maximum Gasteiger partial charge on any atom is 0.0666 e. The molecule has 0 radical (unpaired) electrons. The standard InChI is InChI=1S/C10H19NOS/c1-7-9(5-6-12-7)13-10-4-2-3-8(10)11/h7-10H,2-6,11H2,1H3. The Labute approximate surface area is 84.6 Å². The van der Waals surface area contributed by atoms with Gasteiger partial charge in [0, 0.05) is 23.1 Å². The molecular weight excluding hydrogens is 182 g/mol. The van der Waals surface area contributed by atoms with Crippen LogP contribution >= 0.6 is 11.8 Å². The first-order chi connectivity index (χ1) is 6.27. The first-order valence-electron chi connectivity index (χ1n) is 5.30. The highest BCUT2D eigenvalue weighted by atomic mass is 32.2. The van der Waals surface area contributed by atoms with Crippen molar-refractivity contribution in [3.05, 3.63) is 0 Å². The molecule has 76 valence electrons. The van der Waals surface area contributed by atoms with E-state index < -0.39 is 0 Å². The summed E-state index contributed by atoms with van der Waals surface area (Å²) in [4.78, 5) is 0. The van der Waals surface area contributed by atoms with E-state index in [0.717, 1.165) is 6.61 Å². The van der Waals surface area contributed by atoms with Crippen molar-refractivity contribution in [1.29, 1.82) is 0 Å². The number of thioether (sulfide) groups is 1. The zero-order chi connectivity index (χ0) is 9.26. The first-order valence-corrected chi connectivity index (χ1v) is 6.24. The molecule has 4 atom stereocenters. The third kappa shape index (κ3) is 2.20. The summed E-state index contributed by atoms with van der Waals surface area (Å²) in [6, 6.07) is 0.442. The fourth-order valence-electron chi connectivity index (χ4n) is 2.24. The van der Waals surface area contributed by atoms with Gasteiger partial charge in [0.1, 0.15) is 0 Å². The number of hydrogen-bond acceptors (Lipinski definition) is 3. The molecule has 2 fully saturated rings. The minimum Gasteiger partial charge on any atom is -0.377 e. The van der Waals surface area contributed by atoms with Crippen molar-refractivity contribution >= 4 is 11.8 Å². The predicted octanol–water partition coefficient (Wildman–Crippen LogP) is 1.78. The maximum atomic E-state index is 6.04. The Bertz CT molecular complexity index is 158. The smallest absolute Gasteiger partial charge is 0.0666 e. The number of nitrogens with two attached hydrogens (primary N) is 1. The van der Waals surface area contributed by atoms with Gasteiger partial charge in [-0.3, -0.25) is 0 Å². The Morgan fingerprint density at radius 1 is 1.23 bits per heavy atom. The van der Waals surface area contributed by atoms with Crippen molar-refractivity contribution in [1.82, 2.24) is 0 Å². The monoisotopic (exact) mass is 201 g/mol. The van der Waals surface area contributed by atoms with Crippen LogP contribution in [0.2, 0.25) is 0 Å². The van der Waals surface area contributed by atoms with E-state index >= 15 is 0 Å². The average molecular weight is 201 g/mol. The second kappa shape index (κ2) is 4.20. The number of hydrogen-bond donors (Lipinski definition) is 1. The first kappa shape index (κ1) is 9.81. The van der Waals surface area contributed by atoms with Crippen LogP contribution in [0.25, 0.3) is 0 Å². The SMILES string of the molecule is CC1OCCC1SC1CCCC1N. The van der Waals surface area contributed by atoms with Crippen LogP contribution in [-0.4, -0.2) is 29.3 Å². The van der Waals surface area contributed by atoms with E-state index in [9.17, 15) is 0 Å². The van der Waals surface area contributed by atoms with Crippen molar-refractivity contribution in [2.45, 2.75) is 55.3 Å². The van der Waals surface area contributed by atoms with Crippen LogP contribution < -0.4 is 5.73 Å². The molecule has 2 aliphatic rings.